The van der Waals surface area contributed by atoms with Gasteiger partial charge in [-0.05, 0) is 48.3 Å². The van der Waals surface area contributed by atoms with E-state index in [1.807, 2.05) is 0 Å². The van der Waals surface area contributed by atoms with Crippen LogP contribution < -0.4 is 0 Å². The molecular weight excluding hydrogens is 228 g/mol. The Labute approximate surface area is 122 Å². The highest BCUT2D eigenvalue weighted by atomic mass is 14.4. The molecule has 0 amide bonds. The SMILES string of the molecule is CCCC(CCC(C)C)C(C)(C)C1CCC(C)CC1. The Morgan fingerprint density at radius 3 is 2.00 bits per heavy atom. The van der Waals surface area contributed by atoms with Crippen molar-refractivity contribution in [3.05, 3.63) is 0 Å². The van der Waals surface area contributed by atoms with Crippen molar-refractivity contribution in [2.75, 3.05) is 0 Å². The van der Waals surface area contributed by atoms with Crippen LogP contribution in [0, 0.1) is 29.1 Å². The Morgan fingerprint density at radius 1 is 0.947 bits per heavy atom. The quantitative estimate of drug-likeness (QED) is 0.481. The molecule has 0 heterocycles. The van der Waals surface area contributed by atoms with Gasteiger partial charge in [-0.2, -0.15) is 0 Å². The molecule has 0 aliphatic heterocycles. The number of hydrogen-bond donors (Lipinski definition) is 0. The van der Waals surface area contributed by atoms with Crippen LogP contribution >= 0.6 is 0 Å². The zero-order chi connectivity index (χ0) is 14.5. The van der Waals surface area contributed by atoms with Gasteiger partial charge in [-0.3, -0.25) is 0 Å². The lowest BCUT2D eigenvalue weighted by molar-refractivity contribution is 0.0577. The van der Waals surface area contributed by atoms with Crippen LogP contribution in [0.15, 0.2) is 0 Å². The molecule has 1 rings (SSSR count). The minimum absolute atomic E-state index is 0.561. The van der Waals surface area contributed by atoms with E-state index in [2.05, 4.69) is 41.5 Å². The molecule has 19 heavy (non-hydrogen) atoms. The smallest absolute Gasteiger partial charge is 0.0298 e. The second kappa shape index (κ2) is 7.70. The summed E-state index contributed by atoms with van der Waals surface area (Å²) in [5.74, 6) is 3.76. The fourth-order valence-electron chi connectivity index (χ4n) is 4.11. The van der Waals surface area contributed by atoms with E-state index in [1.54, 1.807) is 0 Å². The highest BCUT2D eigenvalue weighted by Gasteiger charge is 2.37. The van der Waals surface area contributed by atoms with Gasteiger partial charge in [-0.1, -0.05) is 73.6 Å². The van der Waals surface area contributed by atoms with Crippen LogP contribution in [-0.2, 0) is 0 Å². The topological polar surface area (TPSA) is 0 Å². The highest BCUT2D eigenvalue weighted by Crippen LogP contribution is 2.47. The summed E-state index contributed by atoms with van der Waals surface area (Å²) in [5, 5.41) is 0. The summed E-state index contributed by atoms with van der Waals surface area (Å²) in [6.07, 6.45) is 11.6. The maximum atomic E-state index is 2.58. The zero-order valence-electron chi connectivity index (χ0n) is 14.5. The molecular formula is C19H38. The van der Waals surface area contributed by atoms with E-state index in [1.165, 1.54) is 51.4 Å². The summed E-state index contributed by atoms with van der Waals surface area (Å²) < 4.78 is 0. The molecule has 1 saturated carbocycles. The lowest BCUT2D eigenvalue weighted by atomic mass is 9.61. The van der Waals surface area contributed by atoms with E-state index in [0.717, 1.165) is 23.7 Å². The summed E-state index contributed by atoms with van der Waals surface area (Å²) >= 11 is 0. The van der Waals surface area contributed by atoms with E-state index >= 15 is 0 Å². The fraction of sp³-hybridized carbons (Fsp3) is 1.00. The van der Waals surface area contributed by atoms with Gasteiger partial charge in [0.2, 0.25) is 0 Å². The number of rotatable bonds is 7. The Bertz CT molecular complexity index is 230. The van der Waals surface area contributed by atoms with Gasteiger partial charge >= 0.3 is 0 Å². The first-order chi connectivity index (χ1) is 8.87. The monoisotopic (exact) mass is 266 g/mol. The van der Waals surface area contributed by atoms with Crippen LogP contribution in [0.25, 0.3) is 0 Å². The van der Waals surface area contributed by atoms with Gasteiger partial charge in [0.15, 0.2) is 0 Å². The molecule has 1 aliphatic rings. The lowest BCUT2D eigenvalue weighted by Gasteiger charge is -2.44. The third kappa shape index (κ3) is 5.12. The van der Waals surface area contributed by atoms with Crippen molar-refractivity contribution < 1.29 is 0 Å². The first-order valence-corrected chi connectivity index (χ1v) is 8.87. The van der Waals surface area contributed by atoms with Crippen molar-refractivity contribution in [2.45, 2.75) is 92.9 Å². The maximum absolute atomic E-state index is 2.58. The van der Waals surface area contributed by atoms with Gasteiger partial charge in [0.05, 0.1) is 0 Å². The van der Waals surface area contributed by atoms with E-state index in [-0.39, 0.29) is 0 Å². The first kappa shape index (κ1) is 17.1. The van der Waals surface area contributed by atoms with Crippen LogP contribution in [0.2, 0.25) is 0 Å². The molecule has 0 radical (unpaired) electrons. The van der Waals surface area contributed by atoms with Crippen molar-refractivity contribution in [3.63, 3.8) is 0 Å². The molecule has 0 saturated heterocycles. The molecule has 0 nitrogen and oxygen atoms in total. The van der Waals surface area contributed by atoms with Crippen molar-refractivity contribution in [3.8, 4) is 0 Å². The molecule has 0 aromatic carbocycles. The Hall–Kier alpha value is 0. The third-order valence-corrected chi connectivity index (χ3v) is 5.85. The minimum atomic E-state index is 0.561. The van der Waals surface area contributed by atoms with Gasteiger partial charge in [0.1, 0.15) is 0 Å². The fourth-order valence-corrected chi connectivity index (χ4v) is 4.11. The summed E-state index contributed by atoms with van der Waals surface area (Å²) in [5.41, 5.74) is 0.561. The summed E-state index contributed by atoms with van der Waals surface area (Å²) in [6, 6.07) is 0. The standard InChI is InChI=1S/C19H38/c1-7-8-17(12-9-15(2)3)19(5,6)18-13-10-16(4)11-14-18/h15-18H,7-14H2,1-6H3. The summed E-state index contributed by atoms with van der Waals surface area (Å²) in [7, 11) is 0. The van der Waals surface area contributed by atoms with Gasteiger partial charge in [-0.15, -0.1) is 0 Å². The predicted molar refractivity (Wildman–Crippen MR) is 87.4 cm³/mol. The van der Waals surface area contributed by atoms with E-state index in [0.29, 0.717) is 5.41 Å². The molecule has 114 valence electrons. The average Bonchev–Trinajstić information content (AvgIpc) is 2.34. The van der Waals surface area contributed by atoms with Crippen LogP contribution in [0.1, 0.15) is 92.9 Å². The van der Waals surface area contributed by atoms with E-state index < -0.39 is 0 Å². The molecule has 1 aliphatic carbocycles. The van der Waals surface area contributed by atoms with E-state index in [9.17, 15) is 0 Å². The predicted octanol–water partition coefficient (Wildman–Crippen LogP) is 6.69. The Morgan fingerprint density at radius 2 is 1.53 bits per heavy atom. The molecule has 0 bridgehead atoms. The second-order valence-electron chi connectivity index (χ2n) is 8.23. The van der Waals surface area contributed by atoms with Crippen molar-refractivity contribution in [1.29, 1.82) is 0 Å². The Kier molecular flexibility index (Phi) is 6.91. The summed E-state index contributed by atoms with van der Waals surface area (Å²) in [6.45, 7) is 14.7. The minimum Gasteiger partial charge on any atom is -0.0654 e. The van der Waals surface area contributed by atoms with Crippen molar-refractivity contribution in [1.82, 2.24) is 0 Å². The molecule has 1 fully saturated rings. The van der Waals surface area contributed by atoms with Crippen molar-refractivity contribution in [2.24, 2.45) is 29.1 Å². The van der Waals surface area contributed by atoms with Gasteiger partial charge in [0, 0.05) is 0 Å². The molecule has 1 unspecified atom stereocenters. The number of hydrogen-bond acceptors (Lipinski definition) is 0. The largest absolute Gasteiger partial charge is 0.0654 e. The molecule has 0 N–H and O–H groups in total. The molecule has 0 aromatic heterocycles. The van der Waals surface area contributed by atoms with Crippen LogP contribution in [0.3, 0.4) is 0 Å². The molecule has 0 heteroatoms. The molecule has 0 aromatic rings. The summed E-state index contributed by atoms with van der Waals surface area (Å²) in [4.78, 5) is 0. The van der Waals surface area contributed by atoms with Crippen molar-refractivity contribution >= 4 is 0 Å². The lowest BCUT2D eigenvalue weighted by Crippen LogP contribution is -2.35. The first-order valence-electron chi connectivity index (χ1n) is 8.87. The molecule has 1 atom stereocenters. The van der Waals surface area contributed by atoms with Crippen LogP contribution in [-0.4, -0.2) is 0 Å². The van der Waals surface area contributed by atoms with Gasteiger partial charge < -0.3 is 0 Å². The normalized spacial score (nSPS) is 26.7. The van der Waals surface area contributed by atoms with Gasteiger partial charge in [-0.25, -0.2) is 0 Å². The molecule has 0 spiro atoms. The van der Waals surface area contributed by atoms with Crippen LogP contribution in [0.5, 0.6) is 0 Å². The second-order valence-corrected chi connectivity index (χ2v) is 8.23. The van der Waals surface area contributed by atoms with Gasteiger partial charge in [0.25, 0.3) is 0 Å². The average molecular weight is 267 g/mol. The zero-order valence-corrected chi connectivity index (χ0v) is 14.5. The third-order valence-electron chi connectivity index (χ3n) is 5.85. The van der Waals surface area contributed by atoms with Crippen LogP contribution in [0.4, 0.5) is 0 Å². The Balaban J connectivity index is 2.62. The maximum Gasteiger partial charge on any atom is -0.0298 e. The van der Waals surface area contributed by atoms with E-state index in [4.69, 9.17) is 0 Å². The highest BCUT2D eigenvalue weighted by molar-refractivity contribution is 4.87.